The zero-order chi connectivity index (χ0) is 26.0. The lowest BCUT2D eigenvalue weighted by Gasteiger charge is -2.22. The van der Waals surface area contributed by atoms with Crippen LogP contribution in [0.4, 0.5) is 0 Å². The van der Waals surface area contributed by atoms with Crippen molar-refractivity contribution in [2.45, 2.75) is 81.6 Å². The number of nitrogens with zero attached hydrogens (tertiary/aromatic N) is 2. The van der Waals surface area contributed by atoms with Gasteiger partial charge in [0.2, 0.25) is 0 Å². The summed E-state index contributed by atoms with van der Waals surface area (Å²) in [5, 5.41) is 4.36. The summed E-state index contributed by atoms with van der Waals surface area (Å²) < 4.78 is 32.2. The molecule has 0 atom stereocenters. The van der Waals surface area contributed by atoms with Crippen molar-refractivity contribution < 1.29 is 12.6 Å². The third-order valence-corrected chi connectivity index (χ3v) is 7.97. The average molecular weight is 515 g/mol. The summed E-state index contributed by atoms with van der Waals surface area (Å²) in [6.45, 7) is 13.6. The van der Waals surface area contributed by atoms with E-state index in [1.807, 2.05) is 27.7 Å². The van der Waals surface area contributed by atoms with E-state index in [1.54, 1.807) is 18.3 Å². The first-order valence-electron chi connectivity index (χ1n) is 11.5. The lowest BCUT2D eigenvalue weighted by Crippen LogP contribution is -2.38. The largest absolute Gasteiger partial charge is 0.297 e. The van der Waals surface area contributed by atoms with Crippen LogP contribution in [0, 0.1) is 6.92 Å². The minimum atomic E-state index is -4.02. The maximum Gasteiger partial charge on any atom is 0.297 e. The highest BCUT2D eigenvalue weighted by Crippen LogP contribution is 2.28. The van der Waals surface area contributed by atoms with Crippen molar-refractivity contribution in [2.75, 3.05) is 0 Å². The Morgan fingerprint density at radius 3 is 2.09 bits per heavy atom. The lowest BCUT2D eigenvalue weighted by molar-refractivity contribution is 0.290. The fourth-order valence-corrected chi connectivity index (χ4v) is 5.22. The molecule has 0 fully saturated rings. The second-order valence-electron chi connectivity index (χ2n) is 10.6. The Kier molecular flexibility index (Phi) is 7.99. The van der Waals surface area contributed by atoms with Gasteiger partial charge in [-0.05, 0) is 56.4 Å². The van der Waals surface area contributed by atoms with E-state index in [-0.39, 0.29) is 28.0 Å². The highest BCUT2D eigenvalue weighted by molar-refractivity contribution is 7.98. The van der Waals surface area contributed by atoms with Crippen LogP contribution >= 0.6 is 11.8 Å². The van der Waals surface area contributed by atoms with E-state index in [1.165, 1.54) is 34.1 Å². The zero-order valence-corrected chi connectivity index (χ0v) is 23.1. The van der Waals surface area contributed by atoms with Crippen molar-refractivity contribution in [1.29, 1.82) is 0 Å². The van der Waals surface area contributed by atoms with E-state index >= 15 is 0 Å². The van der Waals surface area contributed by atoms with Gasteiger partial charge in [0, 0.05) is 10.6 Å². The highest BCUT2D eigenvalue weighted by Gasteiger charge is 2.23. The van der Waals surface area contributed by atoms with Crippen LogP contribution in [0.25, 0.3) is 0 Å². The third-order valence-electron chi connectivity index (χ3n) is 5.56. The molecule has 0 radical (unpaired) electrons. The molecule has 8 heteroatoms. The highest BCUT2D eigenvalue weighted by atomic mass is 32.2. The van der Waals surface area contributed by atoms with Crippen LogP contribution in [-0.2, 0) is 37.6 Å². The first-order valence-corrected chi connectivity index (χ1v) is 13.9. The molecule has 0 saturated heterocycles. The third kappa shape index (κ3) is 6.84. The van der Waals surface area contributed by atoms with Gasteiger partial charge in [0.15, 0.2) is 0 Å². The van der Waals surface area contributed by atoms with E-state index in [0.717, 1.165) is 11.1 Å². The number of hydrogen-bond acceptors (Lipinski definition) is 6. The zero-order valence-electron chi connectivity index (χ0n) is 21.5. The molecular weight excluding hydrogens is 480 g/mol. The van der Waals surface area contributed by atoms with Crippen LogP contribution in [0.1, 0.15) is 63.8 Å². The Morgan fingerprint density at radius 2 is 1.54 bits per heavy atom. The van der Waals surface area contributed by atoms with Crippen molar-refractivity contribution in [3.63, 3.8) is 0 Å². The summed E-state index contributed by atoms with van der Waals surface area (Å²) in [5.41, 5.74) is 2.72. The van der Waals surface area contributed by atoms with Crippen LogP contribution in [0.15, 0.2) is 69.3 Å². The molecule has 0 saturated carbocycles. The van der Waals surface area contributed by atoms with Crippen LogP contribution in [-0.4, -0.2) is 18.2 Å². The van der Waals surface area contributed by atoms with Gasteiger partial charge in [-0.3, -0.25) is 8.98 Å². The predicted octanol–water partition coefficient (Wildman–Crippen LogP) is 5.80. The van der Waals surface area contributed by atoms with E-state index in [4.69, 9.17) is 4.18 Å². The summed E-state index contributed by atoms with van der Waals surface area (Å²) in [7, 11) is -4.02. The summed E-state index contributed by atoms with van der Waals surface area (Å²) in [4.78, 5) is 14.0. The van der Waals surface area contributed by atoms with Crippen LogP contribution < -0.4 is 5.56 Å². The molecular formula is C27H34N2O4S2. The Morgan fingerprint density at radius 1 is 0.943 bits per heavy atom. The van der Waals surface area contributed by atoms with Gasteiger partial charge in [-0.1, -0.05) is 62.7 Å². The molecule has 6 nitrogen and oxygen atoms in total. The molecule has 2 aromatic carbocycles. The van der Waals surface area contributed by atoms with Gasteiger partial charge in [-0.2, -0.15) is 13.5 Å². The standard InChI is InChI=1S/C27H34N2O4S2/c1-19-8-14-22(15-9-19)35(31,32)33-17-23-24(16-28-29(25(23)30)27(5,6)7)34-18-20-10-12-21(13-11-20)26(2,3)4/h8-16H,17-18H2,1-7H3. The summed E-state index contributed by atoms with van der Waals surface area (Å²) in [6, 6.07) is 14.8. The minimum Gasteiger partial charge on any atom is -0.267 e. The fourth-order valence-electron chi connectivity index (χ4n) is 3.38. The quantitative estimate of drug-likeness (QED) is 0.293. The Balaban J connectivity index is 1.88. The number of thioether (sulfide) groups is 1. The molecule has 0 aliphatic rings. The minimum absolute atomic E-state index is 0.0569. The predicted molar refractivity (Wildman–Crippen MR) is 141 cm³/mol. The molecule has 0 aliphatic heterocycles. The fraction of sp³-hybridized carbons (Fsp3) is 0.407. The molecule has 1 aromatic heterocycles. The molecule has 1 heterocycles. The monoisotopic (exact) mass is 514 g/mol. The van der Waals surface area contributed by atoms with E-state index < -0.39 is 15.7 Å². The summed E-state index contributed by atoms with van der Waals surface area (Å²) >= 11 is 1.44. The van der Waals surface area contributed by atoms with Gasteiger partial charge in [0.05, 0.1) is 28.8 Å². The smallest absolute Gasteiger partial charge is 0.267 e. The summed E-state index contributed by atoms with van der Waals surface area (Å²) in [6.07, 6.45) is 1.62. The van der Waals surface area contributed by atoms with Gasteiger partial charge in [-0.25, -0.2) is 4.68 Å². The number of rotatable bonds is 7. The SMILES string of the molecule is Cc1ccc(S(=O)(=O)OCc2c(SCc3ccc(C(C)(C)C)cc3)cnn(C(C)(C)C)c2=O)cc1. The topological polar surface area (TPSA) is 78.3 Å². The van der Waals surface area contributed by atoms with Gasteiger partial charge < -0.3 is 0 Å². The Labute approximate surface area is 212 Å². The molecule has 0 unspecified atom stereocenters. The lowest BCUT2D eigenvalue weighted by atomic mass is 9.87. The first kappa shape index (κ1) is 27.2. The van der Waals surface area contributed by atoms with Gasteiger partial charge in [0.1, 0.15) is 0 Å². The number of aryl methyl sites for hydroxylation is 1. The number of hydrogen-bond donors (Lipinski definition) is 0. The maximum atomic E-state index is 13.3. The molecule has 0 N–H and O–H groups in total. The van der Waals surface area contributed by atoms with Crippen molar-refractivity contribution in [2.24, 2.45) is 0 Å². The number of aromatic nitrogens is 2. The van der Waals surface area contributed by atoms with Crippen LogP contribution in [0.5, 0.6) is 0 Å². The summed E-state index contributed by atoms with van der Waals surface area (Å²) in [5.74, 6) is 0.614. The molecule has 0 bridgehead atoms. The van der Waals surface area contributed by atoms with Crippen molar-refractivity contribution in [1.82, 2.24) is 9.78 Å². The maximum absolute atomic E-state index is 13.3. The molecule has 0 aliphatic carbocycles. The average Bonchev–Trinajstić information content (AvgIpc) is 2.76. The van der Waals surface area contributed by atoms with E-state index in [0.29, 0.717) is 10.6 Å². The normalized spacial score (nSPS) is 12.7. The Bertz CT molecular complexity index is 1330. The van der Waals surface area contributed by atoms with E-state index in [9.17, 15) is 13.2 Å². The van der Waals surface area contributed by atoms with Crippen LogP contribution in [0.3, 0.4) is 0 Å². The molecule has 3 rings (SSSR count). The van der Waals surface area contributed by atoms with Crippen molar-refractivity contribution in [3.8, 4) is 0 Å². The van der Waals surface area contributed by atoms with Crippen molar-refractivity contribution >= 4 is 21.9 Å². The first-order chi connectivity index (χ1) is 16.2. The van der Waals surface area contributed by atoms with Gasteiger partial charge in [0.25, 0.3) is 15.7 Å². The number of benzene rings is 2. The molecule has 35 heavy (non-hydrogen) atoms. The molecule has 188 valence electrons. The second kappa shape index (κ2) is 10.3. The molecule has 0 spiro atoms. The van der Waals surface area contributed by atoms with Gasteiger partial charge >= 0.3 is 0 Å². The van der Waals surface area contributed by atoms with Crippen molar-refractivity contribution in [3.05, 3.63) is 87.3 Å². The van der Waals surface area contributed by atoms with Crippen LogP contribution in [0.2, 0.25) is 0 Å². The molecule has 3 aromatic rings. The van der Waals surface area contributed by atoms with Gasteiger partial charge in [-0.15, -0.1) is 11.8 Å². The Hall–Kier alpha value is -2.42. The second-order valence-corrected chi connectivity index (χ2v) is 13.3. The molecule has 0 amide bonds. The van der Waals surface area contributed by atoms with E-state index in [2.05, 4.69) is 50.1 Å².